The van der Waals surface area contributed by atoms with Gasteiger partial charge in [0.2, 0.25) is 0 Å². The minimum Gasteiger partial charge on any atom is -0.370 e. The molecule has 0 radical (unpaired) electrons. The highest BCUT2D eigenvalue weighted by molar-refractivity contribution is 5.67. The Balaban J connectivity index is 2.53. The van der Waals surface area contributed by atoms with Gasteiger partial charge < -0.3 is 5.32 Å². The molecule has 4 nitrogen and oxygen atoms in total. The fourth-order valence-corrected chi connectivity index (χ4v) is 1.86. The molecule has 2 heterocycles. The van der Waals surface area contributed by atoms with E-state index >= 15 is 0 Å². The van der Waals surface area contributed by atoms with Crippen molar-refractivity contribution in [2.24, 2.45) is 0 Å². The molecule has 0 aliphatic carbocycles. The molecule has 94 valence electrons. The van der Waals surface area contributed by atoms with Crippen molar-refractivity contribution >= 4 is 5.82 Å². The zero-order chi connectivity index (χ0) is 13.0. The van der Waals surface area contributed by atoms with Crippen molar-refractivity contribution in [3.05, 3.63) is 36.2 Å². The van der Waals surface area contributed by atoms with E-state index in [1.165, 1.54) is 18.6 Å². The van der Waals surface area contributed by atoms with E-state index in [1.54, 1.807) is 6.20 Å². The van der Waals surface area contributed by atoms with Crippen molar-refractivity contribution in [1.29, 1.82) is 0 Å². The van der Waals surface area contributed by atoms with Gasteiger partial charge in [-0.1, -0.05) is 6.92 Å². The molecule has 0 aliphatic rings. The van der Waals surface area contributed by atoms with Gasteiger partial charge in [-0.2, -0.15) is 0 Å². The third-order valence-corrected chi connectivity index (χ3v) is 2.62. The lowest BCUT2D eigenvalue weighted by Gasteiger charge is -2.12. The second kappa shape index (κ2) is 5.53. The number of aromatic nitrogens is 3. The van der Waals surface area contributed by atoms with Gasteiger partial charge >= 0.3 is 0 Å². The summed E-state index contributed by atoms with van der Waals surface area (Å²) >= 11 is 0. The van der Waals surface area contributed by atoms with Crippen LogP contribution in [0, 0.1) is 5.82 Å². The Bertz CT molecular complexity index is 542. The molecule has 0 saturated carbocycles. The van der Waals surface area contributed by atoms with Crippen molar-refractivity contribution in [2.75, 3.05) is 11.9 Å². The van der Waals surface area contributed by atoms with Crippen LogP contribution < -0.4 is 5.32 Å². The molecule has 0 bridgehead atoms. The normalized spacial score (nSPS) is 10.4. The number of nitrogens with one attached hydrogen (secondary N) is 1. The van der Waals surface area contributed by atoms with Gasteiger partial charge in [-0.15, -0.1) is 0 Å². The number of hydrogen-bond acceptors (Lipinski definition) is 4. The van der Waals surface area contributed by atoms with Gasteiger partial charge in [0, 0.05) is 23.9 Å². The van der Waals surface area contributed by atoms with Crippen LogP contribution in [0.4, 0.5) is 10.2 Å². The van der Waals surface area contributed by atoms with E-state index in [0.717, 1.165) is 30.0 Å². The van der Waals surface area contributed by atoms with Crippen molar-refractivity contribution in [3.63, 3.8) is 0 Å². The average Bonchev–Trinajstić information content (AvgIpc) is 2.39. The Labute approximate surface area is 105 Å². The molecule has 2 aromatic rings. The van der Waals surface area contributed by atoms with Crippen LogP contribution in [0.5, 0.6) is 0 Å². The quantitative estimate of drug-likeness (QED) is 0.901. The largest absolute Gasteiger partial charge is 0.370 e. The lowest BCUT2D eigenvalue weighted by Crippen LogP contribution is -2.06. The van der Waals surface area contributed by atoms with E-state index in [1.807, 2.05) is 13.8 Å². The monoisotopic (exact) mass is 246 g/mol. The number of halogens is 1. The molecule has 5 heteroatoms. The maximum atomic E-state index is 13.2. The molecule has 0 aromatic carbocycles. The summed E-state index contributed by atoms with van der Waals surface area (Å²) in [6.07, 6.45) is 5.05. The van der Waals surface area contributed by atoms with Gasteiger partial charge in [0.05, 0.1) is 11.9 Å². The summed E-state index contributed by atoms with van der Waals surface area (Å²) in [6, 6.07) is 1.43. The standard InChI is InChI=1S/C13H15FN4/c1-3-11-12(9-5-10(14)7-15-6-9)17-8-18-13(11)16-4-2/h5-8H,3-4H2,1-2H3,(H,16,17,18). The average molecular weight is 246 g/mol. The van der Waals surface area contributed by atoms with Crippen LogP contribution in [0.15, 0.2) is 24.8 Å². The minimum atomic E-state index is -0.363. The third kappa shape index (κ3) is 2.45. The second-order valence-corrected chi connectivity index (χ2v) is 3.83. The van der Waals surface area contributed by atoms with Gasteiger partial charge in [0.15, 0.2) is 0 Å². The molecular weight excluding hydrogens is 231 g/mol. The van der Waals surface area contributed by atoms with E-state index < -0.39 is 0 Å². The topological polar surface area (TPSA) is 50.7 Å². The predicted molar refractivity (Wildman–Crippen MR) is 68.8 cm³/mol. The first kappa shape index (κ1) is 12.4. The predicted octanol–water partition coefficient (Wildman–Crippen LogP) is 2.67. The van der Waals surface area contributed by atoms with Crippen LogP contribution in [-0.4, -0.2) is 21.5 Å². The Morgan fingerprint density at radius 1 is 1.22 bits per heavy atom. The zero-order valence-corrected chi connectivity index (χ0v) is 10.4. The molecule has 2 rings (SSSR count). The second-order valence-electron chi connectivity index (χ2n) is 3.83. The molecule has 2 aromatic heterocycles. The van der Waals surface area contributed by atoms with Crippen LogP contribution >= 0.6 is 0 Å². The molecule has 0 spiro atoms. The number of pyridine rings is 1. The Morgan fingerprint density at radius 2 is 2.06 bits per heavy atom. The first-order valence-electron chi connectivity index (χ1n) is 5.95. The van der Waals surface area contributed by atoms with Crippen LogP contribution in [-0.2, 0) is 6.42 Å². The summed E-state index contributed by atoms with van der Waals surface area (Å²) in [5.74, 6) is 0.437. The van der Waals surface area contributed by atoms with Gasteiger partial charge in [-0.3, -0.25) is 4.98 Å². The number of rotatable bonds is 4. The summed E-state index contributed by atoms with van der Waals surface area (Å²) in [4.78, 5) is 12.3. The molecule has 18 heavy (non-hydrogen) atoms. The fourth-order valence-electron chi connectivity index (χ4n) is 1.86. The first-order valence-corrected chi connectivity index (χ1v) is 5.95. The van der Waals surface area contributed by atoms with Crippen molar-refractivity contribution in [2.45, 2.75) is 20.3 Å². The molecular formula is C13H15FN4. The Morgan fingerprint density at radius 3 is 2.72 bits per heavy atom. The van der Waals surface area contributed by atoms with E-state index in [4.69, 9.17) is 0 Å². The van der Waals surface area contributed by atoms with Crippen LogP contribution in [0.2, 0.25) is 0 Å². The fraction of sp³-hybridized carbons (Fsp3) is 0.308. The van der Waals surface area contributed by atoms with E-state index in [9.17, 15) is 4.39 Å². The molecule has 0 aliphatic heterocycles. The minimum absolute atomic E-state index is 0.363. The van der Waals surface area contributed by atoms with Crippen LogP contribution in [0.25, 0.3) is 11.3 Å². The zero-order valence-electron chi connectivity index (χ0n) is 10.4. The van der Waals surface area contributed by atoms with Crippen molar-refractivity contribution in [3.8, 4) is 11.3 Å². The number of nitrogens with zero attached hydrogens (tertiary/aromatic N) is 3. The molecule has 0 unspecified atom stereocenters. The van der Waals surface area contributed by atoms with Crippen molar-refractivity contribution in [1.82, 2.24) is 15.0 Å². The Kier molecular flexibility index (Phi) is 3.82. The van der Waals surface area contributed by atoms with Gasteiger partial charge in [0.1, 0.15) is 18.0 Å². The van der Waals surface area contributed by atoms with E-state index in [0.29, 0.717) is 5.56 Å². The third-order valence-electron chi connectivity index (χ3n) is 2.62. The van der Waals surface area contributed by atoms with Gasteiger partial charge in [-0.25, -0.2) is 14.4 Å². The number of hydrogen-bond donors (Lipinski definition) is 1. The number of anilines is 1. The van der Waals surface area contributed by atoms with Gasteiger partial charge in [0.25, 0.3) is 0 Å². The Hall–Kier alpha value is -2.04. The highest BCUT2D eigenvalue weighted by Gasteiger charge is 2.11. The SMILES string of the molecule is CCNc1ncnc(-c2cncc(F)c2)c1CC. The van der Waals surface area contributed by atoms with E-state index in [-0.39, 0.29) is 5.82 Å². The van der Waals surface area contributed by atoms with Crippen LogP contribution in [0.1, 0.15) is 19.4 Å². The summed E-state index contributed by atoms with van der Waals surface area (Å²) < 4.78 is 13.2. The maximum absolute atomic E-state index is 13.2. The highest BCUT2D eigenvalue weighted by Crippen LogP contribution is 2.25. The molecule has 0 amide bonds. The molecule has 0 saturated heterocycles. The summed E-state index contributed by atoms with van der Waals surface area (Å²) in [5.41, 5.74) is 2.38. The van der Waals surface area contributed by atoms with Gasteiger partial charge in [-0.05, 0) is 19.4 Å². The maximum Gasteiger partial charge on any atom is 0.142 e. The van der Waals surface area contributed by atoms with Crippen LogP contribution in [0.3, 0.4) is 0 Å². The summed E-state index contributed by atoms with van der Waals surface area (Å²) in [6.45, 7) is 4.81. The molecule has 0 atom stereocenters. The first-order chi connectivity index (χ1) is 8.76. The highest BCUT2D eigenvalue weighted by atomic mass is 19.1. The lowest BCUT2D eigenvalue weighted by atomic mass is 10.1. The van der Waals surface area contributed by atoms with Crippen molar-refractivity contribution < 1.29 is 4.39 Å². The smallest absolute Gasteiger partial charge is 0.142 e. The summed E-state index contributed by atoms with van der Waals surface area (Å²) in [7, 11) is 0. The summed E-state index contributed by atoms with van der Waals surface area (Å²) in [5, 5.41) is 3.19. The molecule has 1 N–H and O–H groups in total. The lowest BCUT2D eigenvalue weighted by molar-refractivity contribution is 0.622. The molecule has 0 fully saturated rings. The van der Waals surface area contributed by atoms with E-state index in [2.05, 4.69) is 20.3 Å².